The Bertz CT molecular complexity index is 550. The van der Waals surface area contributed by atoms with Gasteiger partial charge in [-0.25, -0.2) is 9.59 Å². The van der Waals surface area contributed by atoms with Crippen LogP contribution in [-0.4, -0.2) is 47.8 Å². The van der Waals surface area contributed by atoms with Crippen molar-refractivity contribution in [2.24, 2.45) is 0 Å². The number of amides is 2. The van der Waals surface area contributed by atoms with Gasteiger partial charge in [-0.05, 0) is 34.5 Å². The van der Waals surface area contributed by atoms with Crippen LogP contribution in [0.4, 0.5) is 10.5 Å². The number of benzene rings is 1. The Morgan fingerprint density at radius 1 is 1.52 bits per heavy atom. The van der Waals surface area contributed by atoms with Crippen LogP contribution in [-0.2, 0) is 4.74 Å². The van der Waals surface area contributed by atoms with Crippen molar-refractivity contribution in [3.05, 3.63) is 28.2 Å². The maximum Gasteiger partial charge on any atom is 0.337 e. The minimum atomic E-state index is -1.08. The molecule has 21 heavy (non-hydrogen) atoms. The first-order chi connectivity index (χ1) is 10.0. The monoisotopic (exact) mass is 356 g/mol. The quantitative estimate of drug-likeness (QED) is 0.872. The van der Waals surface area contributed by atoms with E-state index in [9.17, 15) is 14.7 Å². The summed E-state index contributed by atoms with van der Waals surface area (Å²) in [5.74, 6) is -1.08. The third-order valence-corrected chi connectivity index (χ3v) is 4.02. The molecular formula is C14H17BrN2O4. The molecule has 0 spiro atoms. The van der Waals surface area contributed by atoms with Crippen LogP contribution in [0.5, 0.6) is 0 Å². The summed E-state index contributed by atoms with van der Waals surface area (Å²) in [6, 6.07) is 4.45. The second-order valence-electron chi connectivity index (χ2n) is 4.74. The van der Waals surface area contributed by atoms with Gasteiger partial charge in [-0.2, -0.15) is 0 Å². The molecule has 1 aromatic rings. The summed E-state index contributed by atoms with van der Waals surface area (Å²) in [7, 11) is 0. The number of rotatable bonds is 3. The van der Waals surface area contributed by atoms with E-state index < -0.39 is 5.97 Å². The minimum absolute atomic E-state index is 0.0302. The molecule has 0 radical (unpaired) electrons. The first kappa shape index (κ1) is 15.8. The standard InChI is InChI=1S/C14H17BrN2O4/c1-2-9-8-17(6-7-21-9)14(20)16-12-10(13(18)19)4-3-5-11(12)15/h3-5,9H,2,6-8H2,1H3,(H,16,20)(H,18,19). The number of para-hydroxylation sites is 1. The van der Waals surface area contributed by atoms with Crippen LogP contribution >= 0.6 is 15.9 Å². The van der Waals surface area contributed by atoms with E-state index in [4.69, 9.17) is 4.74 Å². The van der Waals surface area contributed by atoms with E-state index >= 15 is 0 Å². The van der Waals surface area contributed by atoms with Crippen molar-refractivity contribution in [2.75, 3.05) is 25.0 Å². The number of carbonyl (C=O) groups is 2. The summed E-state index contributed by atoms with van der Waals surface area (Å²) < 4.78 is 6.06. The maximum atomic E-state index is 12.3. The molecule has 1 saturated heterocycles. The van der Waals surface area contributed by atoms with Crippen molar-refractivity contribution < 1.29 is 19.4 Å². The second kappa shape index (κ2) is 6.91. The molecule has 0 aliphatic carbocycles. The van der Waals surface area contributed by atoms with E-state index in [2.05, 4.69) is 21.2 Å². The van der Waals surface area contributed by atoms with Gasteiger partial charge in [0.05, 0.1) is 24.0 Å². The molecule has 1 aliphatic heterocycles. The number of halogens is 1. The number of aromatic carboxylic acids is 1. The summed E-state index contributed by atoms with van der Waals surface area (Å²) in [6.07, 6.45) is 0.863. The fraction of sp³-hybridized carbons (Fsp3) is 0.429. The number of carbonyl (C=O) groups excluding carboxylic acids is 1. The Hall–Kier alpha value is -1.60. The van der Waals surface area contributed by atoms with E-state index in [1.165, 1.54) is 6.07 Å². The van der Waals surface area contributed by atoms with Crippen molar-refractivity contribution in [1.82, 2.24) is 4.90 Å². The molecule has 2 N–H and O–H groups in total. The molecule has 1 atom stereocenters. The number of carboxylic acids is 1. The molecular weight excluding hydrogens is 340 g/mol. The molecule has 0 saturated carbocycles. The number of nitrogens with one attached hydrogen (secondary N) is 1. The van der Waals surface area contributed by atoms with Gasteiger partial charge >= 0.3 is 12.0 Å². The van der Waals surface area contributed by atoms with Crippen LogP contribution in [0.2, 0.25) is 0 Å². The number of hydrogen-bond acceptors (Lipinski definition) is 3. The number of anilines is 1. The van der Waals surface area contributed by atoms with E-state index in [0.29, 0.717) is 24.2 Å². The first-order valence-corrected chi connectivity index (χ1v) is 7.51. The number of nitrogens with zero attached hydrogens (tertiary/aromatic N) is 1. The van der Waals surface area contributed by atoms with Gasteiger partial charge in [-0.15, -0.1) is 0 Å². The summed E-state index contributed by atoms with van der Waals surface area (Å²) >= 11 is 3.27. The van der Waals surface area contributed by atoms with E-state index in [1.54, 1.807) is 17.0 Å². The number of hydrogen-bond donors (Lipinski definition) is 2. The van der Waals surface area contributed by atoms with Gasteiger partial charge in [-0.1, -0.05) is 13.0 Å². The maximum absolute atomic E-state index is 12.3. The van der Waals surface area contributed by atoms with Crippen molar-refractivity contribution in [1.29, 1.82) is 0 Å². The van der Waals surface area contributed by atoms with Gasteiger partial charge in [-0.3, -0.25) is 0 Å². The summed E-state index contributed by atoms with van der Waals surface area (Å²) in [4.78, 5) is 25.2. The molecule has 2 rings (SSSR count). The van der Waals surface area contributed by atoms with E-state index in [-0.39, 0.29) is 23.4 Å². The van der Waals surface area contributed by atoms with Crippen LogP contribution in [0.3, 0.4) is 0 Å². The van der Waals surface area contributed by atoms with Gasteiger partial charge in [0, 0.05) is 17.6 Å². The summed E-state index contributed by atoms with van der Waals surface area (Å²) in [6.45, 7) is 3.50. The molecule has 7 heteroatoms. The average molecular weight is 357 g/mol. The fourth-order valence-corrected chi connectivity index (χ4v) is 2.63. The molecule has 1 unspecified atom stereocenters. The highest BCUT2D eigenvalue weighted by atomic mass is 79.9. The van der Waals surface area contributed by atoms with E-state index in [1.807, 2.05) is 6.92 Å². The van der Waals surface area contributed by atoms with Crippen molar-refractivity contribution in [3.8, 4) is 0 Å². The van der Waals surface area contributed by atoms with Gasteiger partial charge < -0.3 is 20.1 Å². The van der Waals surface area contributed by atoms with Gasteiger partial charge in [0.25, 0.3) is 0 Å². The molecule has 0 bridgehead atoms. The average Bonchev–Trinajstić information content (AvgIpc) is 2.49. The number of urea groups is 1. The fourth-order valence-electron chi connectivity index (χ4n) is 2.17. The highest BCUT2D eigenvalue weighted by Crippen LogP contribution is 2.27. The number of morpholine rings is 1. The zero-order valence-corrected chi connectivity index (χ0v) is 13.2. The Labute approximate surface area is 131 Å². The molecule has 0 aromatic heterocycles. The normalized spacial score (nSPS) is 18.4. The topological polar surface area (TPSA) is 78.9 Å². The minimum Gasteiger partial charge on any atom is -0.478 e. The van der Waals surface area contributed by atoms with Gasteiger partial charge in [0.1, 0.15) is 0 Å². The largest absolute Gasteiger partial charge is 0.478 e. The zero-order valence-electron chi connectivity index (χ0n) is 11.6. The van der Waals surface area contributed by atoms with Crippen LogP contribution in [0.15, 0.2) is 22.7 Å². The SMILES string of the molecule is CCC1CN(C(=O)Nc2c(Br)cccc2C(=O)O)CCO1. The Morgan fingerprint density at radius 3 is 2.95 bits per heavy atom. The predicted octanol–water partition coefficient (Wildman–Crippen LogP) is 2.79. The Kier molecular flexibility index (Phi) is 5.19. The smallest absolute Gasteiger partial charge is 0.337 e. The third kappa shape index (κ3) is 3.74. The number of carboxylic acid groups (broad SMARTS) is 1. The molecule has 1 heterocycles. The van der Waals surface area contributed by atoms with Crippen molar-refractivity contribution >= 4 is 33.6 Å². The predicted molar refractivity (Wildman–Crippen MR) is 81.7 cm³/mol. The molecule has 2 amide bonds. The second-order valence-corrected chi connectivity index (χ2v) is 5.60. The van der Waals surface area contributed by atoms with Crippen LogP contribution < -0.4 is 5.32 Å². The summed E-state index contributed by atoms with van der Waals surface area (Å²) in [5, 5.41) is 11.9. The highest BCUT2D eigenvalue weighted by Gasteiger charge is 2.24. The third-order valence-electron chi connectivity index (χ3n) is 3.36. The first-order valence-electron chi connectivity index (χ1n) is 6.72. The van der Waals surface area contributed by atoms with Crippen molar-refractivity contribution in [2.45, 2.75) is 19.4 Å². The van der Waals surface area contributed by atoms with Gasteiger partial charge in [0.2, 0.25) is 0 Å². The van der Waals surface area contributed by atoms with E-state index in [0.717, 1.165) is 6.42 Å². The van der Waals surface area contributed by atoms with Gasteiger partial charge in [0.15, 0.2) is 0 Å². The molecule has 1 fully saturated rings. The lowest BCUT2D eigenvalue weighted by atomic mass is 10.2. The lowest BCUT2D eigenvalue weighted by Crippen LogP contribution is -2.47. The zero-order chi connectivity index (χ0) is 15.4. The van der Waals surface area contributed by atoms with Crippen LogP contribution in [0.1, 0.15) is 23.7 Å². The molecule has 114 valence electrons. The van der Waals surface area contributed by atoms with Crippen LogP contribution in [0.25, 0.3) is 0 Å². The molecule has 6 nitrogen and oxygen atoms in total. The lowest BCUT2D eigenvalue weighted by molar-refractivity contribution is -0.0134. The Morgan fingerprint density at radius 2 is 2.29 bits per heavy atom. The summed E-state index contributed by atoms with van der Waals surface area (Å²) in [5.41, 5.74) is 0.326. The Balaban J connectivity index is 2.14. The highest BCUT2D eigenvalue weighted by molar-refractivity contribution is 9.10. The lowest BCUT2D eigenvalue weighted by Gasteiger charge is -2.32. The van der Waals surface area contributed by atoms with Crippen molar-refractivity contribution in [3.63, 3.8) is 0 Å². The molecule has 1 aliphatic rings. The molecule has 1 aromatic carbocycles. The van der Waals surface area contributed by atoms with Crippen LogP contribution in [0, 0.1) is 0 Å². The number of ether oxygens (including phenoxy) is 1.